The molecule has 1 saturated heterocycles. The first-order valence-corrected chi connectivity index (χ1v) is 8.12. The summed E-state index contributed by atoms with van der Waals surface area (Å²) in [5, 5.41) is 32.4. The molecule has 1 aromatic rings. The monoisotopic (exact) mass is 303 g/mol. The highest BCUT2D eigenvalue weighted by molar-refractivity contribution is 5.62. The van der Waals surface area contributed by atoms with Crippen LogP contribution in [0.2, 0.25) is 0 Å². The molecular weight excluding hydrogens is 282 g/mol. The zero-order valence-corrected chi connectivity index (χ0v) is 12.6. The molecule has 4 aliphatic rings. The van der Waals surface area contributed by atoms with Crippen molar-refractivity contribution in [2.24, 2.45) is 0 Å². The molecule has 3 unspecified atom stereocenters. The molecule has 118 valence electrons. The van der Waals surface area contributed by atoms with Gasteiger partial charge in [0.25, 0.3) is 0 Å². The van der Waals surface area contributed by atoms with E-state index >= 15 is 0 Å². The van der Waals surface area contributed by atoms with Gasteiger partial charge in [-0.3, -0.25) is 0 Å². The van der Waals surface area contributed by atoms with Crippen LogP contribution in [-0.2, 0) is 11.8 Å². The average Bonchev–Trinajstić information content (AvgIpc) is 2.85. The number of nitrogens with zero attached hydrogens (tertiary/aromatic N) is 1. The maximum Gasteiger partial charge on any atom is 0.165 e. The summed E-state index contributed by atoms with van der Waals surface area (Å²) in [5.41, 5.74) is 0.633. The van der Waals surface area contributed by atoms with E-state index in [-0.39, 0.29) is 11.8 Å². The van der Waals surface area contributed by atoms with Crippen molar-refractivity contribution in [3.05, 3.63) is 23.3 Å². The number of aromatic hydroxyl groups is 1. The van der Waals surface area contributed by atoms with Gasteiger partial charge in [-0.15, -0.1) is 0 Å². The number of likely N-dealkylation sites (N-methyl/N-ethyl adjacent to an activating group) is 1. The molecule has 5 nitrogen and oxygen atoms in total. The lowest BCUT2D eigenvalue weighted by Crippen LogP contribution is -2.76. The SMILES string of the molecule is CN1CCC23c4c5ccc(O)c4O[C@H]2C(O)CC[C@@]3(O)C1C5. The van der Waals surface area contributed by atoms with Crippen LogP contribution >= 0.6 is 0 Å². The summed E-state index contributed by atoms with van der Waals surface area (Å²) < 4.78 is 6.04. The number of ether oxygens (including phenoxy) is 1. The summed E-state index contributed by atoms with van der Waals surface area (Å²) in [5.74, 6) is 0.610. The lowest BCUT2D eigenvalue weighted by molar-refractivity contribution is -0.204. The minimum absolute atomic E-state index is 0.0443. The summed E-state index contributed by atoms with van der Waals surface area (Å²) in [6, 6.07) is 3.67. The number of benzene rings is 1. The van der Waals surface area contributed by atoms with Crippen molar-refractivity contribution in [2.75, 3.05) is 13.6 Å². The number of likely N-dealkylation sites (tertiary alicyclic amines) is 1. The zero-order valence-electron chi connectivity index (χ0n) is 12.6. The van der Waals surface area contributed by atoms with E-state index in [1.165, 1.54) is 0 Å². The smallest absolute Gasteiger partial charge is 0.165 e. The number of hydrogen-bond acceptors (Lipinski definition) is 5. The third kappa shape index (κ3) is 1.17. The number of aliphatic hydroxyl groups is 2. The molecule has 1 saturated carbocycles. The lowest BCUT2D eigenvalue weighted by Gasteiger charge is -2.63. The second kappa shape index (κ2) is 3.78. The van der Waals surface area contributed by atoms with Gasteiger partial charge in [-0.1, -0.05) is 6.07 Å². The predicted molar refractivity (Wildman–Crippen MR) is 79.1 cm³/mol. The molecule has 2 aliphatic carbocycles. The number of piperidine rings is 1. The van der Waals surface area contributed by atoms with Crippen LogP contribution in [0.3, 0.4) is 0 Å². The van der Waals surface area contributed by atoms with Gasteiger partial charge in [0, 0.05) is 11.6 Å². The highest BCUT2D eigenvalue weighted by atomic mass is 16.5. The van der Waals surface area contributed by atoms with E-state index in [2.05, 4.69) is 11.9 Å². The minimum Gasteiger partial charge on any atom is -0.504 e. The van der Waals surface area contributed by atoms with Gasteiger partial charge in [-0.2, -0.15) is 0 Å². The summed E-state index contributed by atoms with van der Waals surface area (Å²) in [4.78, 5) is 2.24. The van der Waals surface area contributed by atoms with Crippen LogP contribution in [-0.4, -0.2) is 57.7 Å². The Morgan fingerprint density at radius 2 is 2.14 bits per heavy atom. The van der Waals surface area contributed by atoms with Crippen LogP contribution in [0, 0.1) is 0 Å². The molecule has 2 aliphatic heterocycles. The molecule has 0 aromatic heterocycles. The Morgan fingerprint density at radius 3 is 2.95 bits per heavy atom. The van der Waals surface area contributed by atoms with Gasteiger partial charge in [0.05, 0.1) is 17.1 Å². The van der Waals surface area contributed by atoms with E-state index in [0.717, 1.165) is 30.5 Å². The fraction of sp³-hybridized carbons (Fsp3) is 0.647. The van der Waals surface area contributed by atoms with Crippen LogP contribution in [0.4, 0.5) is 0 Å². The van der Waals surface area contributed by atoms with Crippen LogP contribution in [0.25, 0.3) is 0 Å². The van der Waals surface area contributed by atoms with Gasteiger partial charge in [-0.05, 0) is 50.9 Å². The third-order valence-corrected chi connectivity index (χ3v) is 6.70. The Labute approximate surface area is 129 Å². The van der Waals surface area contributed by atoms with Crippen molar-refractivity contribution in [1.29, 1.82) is 0 Å². The number of phenols is 1. The summed E-state index contributed by atoms with van der Waals surface area (Å²) in [7, 11) is 2.07. The number of hydrogen-bond donors (Lipinski definition) is 3. The third-order valence-electron chi connectivity index (χ3n) is 6.70. The maximum absolute atomic E-state index is 11.7. The molecule has 5 rings (SSSR count). The molecule has 22 heavy (non-hydrogen) atoms. The van der Waals surface area contributed by atoms with Gasteiger partial charge in [-0.25, -0.2) is 0 Å². The van der Waals surface area contributed by atoms with Crippen molar-refractivity contribution < 1.29 is 20.1 Å². The average molecular weight is 303 g/mol. The Kier molecular flexibility index (Phi) is 2.26. The molecule has 0 radical (unpaired) electrons. The van der Waals surface area contributed by atoms with E-state index in [1.54, 1.807) is 6.07 Å². The number of aliphatic hydroxyl groups excluding tert-OH is 1. The first-order chi connectivity index (χ1) is 10.5. The molecule has 3 N–H and O–H groups in total. The number of rotatable bonds is 0. The second-order valence-electron chi connectivity index (χ2n) is 7.44. The van der Waals surface area contributed by atoms with Gasteiger partial charge in [0.1, 0.15) is 6.10 Å². The standard InChI is InChI=1S/C17H21NO4/c1-18-7-6-16-13-9-2-3-10(19)14(13)22-15(16)11(20)4-5-17(16,21)12(18)8-9/h2-3,11-12,15,19-21H,4-8H2,1H3/t11?,12?,15-,16?,17+/m0/s1. The highest BCUT2D eigenvalue weighted by Crippen LogP contribution is 2.65. The van der Waals surface area contributed by atoms with Crippen LogP contribution in [0.1, 0.15) is 30.4 Å². The Bertz CT molecular complexity index is 677. The van der Waals surface area contributed by atoms with Gasteiger partial charge in [0.15, 0.2) is 11.5 Å². The predicted octanol–water partition coefficient (Wildman–Crippen LogP) is 0.537. The van der Waals surface area contributed by atoms with Gasteiger partial charge in [0.2, 0.25) is 0 Å². The molecule has 2 fully saturated rings. The normalized spacial score (nSPS) is 45.3. The van der Waals surface area contributed by atoms with E-state index in [4.69, 9.17) is 4.74 Å². The molecule has 1 aromatic carbocycles. The van der Waals surface area contributed by atoms with E-state index in [9.17, 15) is 15.3 Å². The van der Waals surface area contributed by atoms with Crippen LogP contribution in [0.5, 0.6) is 11.5 Å². The highest BCUT2D eigenvalue weighted by Gasteiger charge is 2.72. The summed E-state index contributed by atoms with van der Waals surface area (Å²) in [6.45, 7) is 0.869. The Hall–Kier alpha value is -1.30. The van der Waals surface area contributed by atoms with Gasteiger partial charge >= 0.3 is 0 Å². The molecule has 1 spiro atoms. The molecule has 2 heterocycles. The number of phenolic OH excluding ortho intramolecular Hbond substituents is 1. The topological polar surface area (TPSA) is 73.2 Å². The Balaban J connectivity index is 1.86. The fourth-order valence-electron chi connectivity index (χ4n) is 5.73. The first-order valence-electron chi connectivity index (χ1n) is 8.12. The molecule has 2 bridgehead atoms. The fourth-order valence-corrected chi connectivity index (χ4v) is 5.73. The summed E-state index contributed by atoms with van der Waals surface area (Å²) >= 11 is 0. The molecule has 5 atom stereocenters. The molecule has 5 heteroatoms. The van der Waals surface area contributed by atoms with Crippen molar-refractivity contribution in [2.45, 2.75) is 54.9 Å². The lowest BCUT2D eigenvalue weighted by atomic mass is 9.49. The zero-order chi connectivity index (χ0) is 15.3. The Morgan fingerprint density at radius 1 is 1.32 bits per heavy atom. The molecular formula is C17H21NO4. The maximum atomic E-state index is 11.7. The van der Waals surface area contributed by atoms with Crippen molar-refractivity contribution in [1.82, 2.24) is 4.90 Å². The second-order valence-corrected chi connectivity index (χ2v) is 7.44. The van der Waals surface area contributed by atoms with E-state index < -0.39 is 23.2 Å². The van der Waals surface area contributed by atoms with Crippen molar-refractivity contribution in [3.63, 3.8) is 0 Å². The molecule has 0 amide bonds. The first kappa shape index (κ1) is 13.2. The van der Waals surface area contributed by atoms with Crippen molar-refractivity contribution in [3.8, 4) is 11.5 Å². The van der Waals surface area contributed by atoms with Crippen LogP contribution < -0.4 is 4.74 Å². The van der Waals surface area contributed by atoms with Gasteiger partial charge < -0.3 is 25.0 Å². The largest absolute Gasteiger partial charge is 0.504 e. The van der Waals surface area contributed by atoms with Crippen molar-refractivity contribution >= 4 is 0 Å². The van der Waals surface area contributed by atoms with E-state index in [1.807, 2.05) is 6.07 Å². The van der Waals surface area contributed by atoms with E-state index in [0.29, 0.717) is 18.6 Å². The quantitative estimate of drug-likeness (QED) is 0.652. The minimum atomic E-state index is -0.893. The summed E-state index contributed by atoms with van der Waals surface area (Å²) in [6.07, 6.45) is 1.59. The van der Waals surface area contributed by atoms with Crippen LogP contribution in [0.15, 0.2) is 12.1 Å².